The quantitative estimate of drug-likeness (QED) is 0.780. The summed E-state index contributed by atoms with van der Waals surface area (Å²) in [6.07, 6.45) is 0.578. The van der Waals surface area contributed by atoms with Gasteiger partial charge >= 0.3 is 5.97 Å². The fourth-order valence-corrected chi connectivity index (χ4v) is 1.59. The van der Waals surface area contributed by atoms with E-state index in [4.69, 9.17) is 14.6 Å². The molecule has 1 unspecified atom stereocenters. The van der Waals surface area contributed by atoms with Crippen molar-refractivity contribution in [3.05, 3.63) is 18.2 Å². The van der Waals surface area contributed by atoms with Crippen molar-refractivity contribution in [3.63, 3.8) is 0 Å². The van der Waals surface area contributed by atoms with Gasteiger partial charge in [0.15, 0.2) is 0 Å². The van der Waals surface area contributed by atoms with Crippen LogP contribution in [0.5, 0.6) is 11.5 Å². The molecule has 1 rings (SSSR count). The smallest absolute Gasteiger partial charge is 0.308 e. The number of nitrogens with one attached hydrogen (secondary N) is 1. The predicted molar refractivity (Wildman–Crippen MR) is 69.5 cm³/mol. The molecule has 0 heterocycles. The summed E-state index contributed by atoms with van der Waals surface area (Å²) in [6, 6.07) is 5.36. The molecule has 0 bridgehead atoms. The second kappa shape index (κ2) is 6.74. The third-order valence-electron chi connectivity index (χ3n) is 2.79. The number of carboxylic acids is 1. The van der Waals surface area contributed by atoms with Crippen LogP contribution in [0.15, 0.2) is 18.2 Å². The average molecular weight is 253 g/mol. The van der Waals surface area contributed by atoms with Crippen LogP contribution in [0, 0.1) is 5.92 Å². The Morgan fingerprint density at radius 3 is 2.61 bits per heavy atom. The van der Waals surface area contributed by atoms with Crippen molar-refractivity contribution >= 4 is 11.7 Å². The molecule has 1 aromatic carbocycles. The Balaban J connectivity index is 2.78. The van der Waals surface area contributed by atoms with E-state index >= 15 is 0 Å². The van der Waals surface area contributed by atoms with Crippen molar-refractivity contribution in [1.82, 2.24) is 0 Å². The fraction of sp³-hybridized carbons (Fsp3) is 0.462. The van der Waals surface area contributed by atoms with E-state index in [2.05, 4.69) is 5.32 Å². The van der Waals surface area contributed by atoms with E-state index in [9.17, 15) is 4.79 Å². The van der Waals surface area contributed by atoms with Crippen molar-refractivity contribution in [2.75, 3.05) is 26.1 Å². The lowest BCUT2D eigenvalue weighted by molar-refractivity contribution is -0.141. The van der Waals surface area contributed by atoms with Crippen LogP contribution in [0.25, 0.3) is 0 Å². The molecule has 100 valence electrons. The molecule has 18 heavy (non-hydrogen) atoms. The zero-order valence-corrected chi connectivity index (χ0v) is 10.9. The normalized spacial score (nSPS) is 11.7. The topological polar surface area (TPSA) is 67.8 Å². The van der Waals surface area contributed by atoms with Gasteiger partial charge < -0.3 is 19.9 Å². The minimum atomic E-state index is -0.799. The van der Waals surface area contributed by atoms with Crippen LogP contribution >= 0.6 is 0 Å². The molecule has 2 N–H and O–H groups in total. The molecule has 0 aliphatic carbocycles. The van der Waals surface area contributed by atoms with E-state index in [0.717, 1.165) is 5.69 Å². The van der Waals surface area contributed by atoms with Gasteiger partial charge in [-0.25, -0.2) is 0 Å². The van der Waals surface area contributed by atoms with E-state index in [-0.39, 0.29) is 0 Å². The fourth-order valence-electron chi connectivity index (χ4n) is 1.59. The van der Waals surface area contributed by atoms with Crippen molar-refractivity contribution < 1.29 is 19.4 Å². The molecule has 0 aliphatic rings. The zero-order valence-electron chi connectivity index (χ0n) is 10.9. The lowest BCUT2D eigenvalue weighted by Gasteiger charge is -2.15. The number of hydrogen-bond acceptors (Lipinski definition) is 4. The standard InChI is InChI=1S/C13H19NO4/c1-4-9(13(15)16)8-14-11-7-10(17-2)5-6-12(11)18-3/h5-7,9,14H,4,8H2,1-3H3,(H,15,16). The first kappa shape index (κ1) is 14.2. The van der Waals surface area contributed by atoms with E-state index in [1.807, 2.05) is 6.92 Å². The van der Waals surface area contributed by atoms with Crippen LogP contribution < -0.4 is 14.8 Å². The van der Waals surface area contributed by atoms with Crippen molar-refractivity contribution in [3.8, 4) is 11.5 Å². The monoisotopic (exact) mass is 253 g/mol. The lowest BCUT2D eigenvalue weighted by Crippen LogP contribution is -2.22. The molecule has 0 amide bonds. The molecule has 0 aliphatic heterocycles. The molecule has 5 nitrogen and oxygen atoms in total. The first-order chi connectivity index (χ1) is 8.62. The number of rotatable bonds is 7. The maximum atomic E-state index is 10.9. The van der Waals surface area contributed by atoms with E-state index < -0.39 is 11.9 Å². The first-order valence-corrected chi connectivity index (χ1v) is 5.81. The minimum absolute atomic E-state index is 0.357. The van der Waals surface area contributed by atoms with Gasteiger partial charge in [-0.3, -0.25) is 4.79 Å². The Morgan fingerprint density at radius 1 is 1.39 bits per heavy atom. The van der Waals surface area contributed by atoms with Crippen LogP contribution in [-0.2, 0) is 4.79 Å². The SMILES string of the molecule is CCC(CNc1cc(OC)ccc1OC)C(=O)O. The molecule has 0 spiro atoms. The number of benzene rings is 1. The summed E-state index contributed by atoms with van der Waals surface area (Å²) in [4.78, 5) is 10.9. The Kier molecular flexibility index (Phi) is 5.30. The second-order valence-electron chi connectivity index (χ2n) is 3.89. The molecule has 0 radical (unpaired) electrons. The Hall–Kier alpha value is -1.91. The molecule has 0 aromatic heterocycles. The molecule has 1 atom stereocenters. The van der Waals surface area contributed by atoms with Gasteiger partial charge in [-0.2, -0.15) is 0 Å². The highest BCUT2D eigenvalue weighted by molar-refractivity contribution is 5.71. The Bertz CT molecular complexity index is 406. The van der Waals surface area contributed by atoms with Gasteiger partial charge in [0.1, 0.15) is 11.5 Å². The maximum Gasteiger partial charge on any atom is 0.308 e. The van der Waals surface area contributed by atoms with Gasteiger partial charge in [0.05, 0.1) is 25.8 Å². The minimum Gasteiger partial charge on any atom is -0.497 e. The van der Waals surface area contributed by atoms with Gasteiger partial charge in [0.25, 0.3) is 0 Å². The molecule has 5 heteroatoms. The highest BCUT2D eigenvalue weighted by Gasteiger charge is 2.15. The van der Waals surface area contributed by atoms with Crippen LogP contribution in [0.3, 0.4) is 0 Å². The first-order valence-electron chi connectivity index (χ1n) is 5.81. The molecular weight excluding hydrogens is 234 g/mol. The van der Waals surface area contributed by atoms with E-state index in [0.29, 0.717) is 24.5 Å². The zero-order chi connectivity index (χ0) is 13.5. The Morgan fingerprint density at radius 2 is 2.11 bits per heavy atom. The average Bonchev–Trinajstić information content (AvgIpc) is 2.38. The summed E-state index contributed by atoms with van der Waals surface area (Å²) < 4.78 is 10.3. The predicted octanol–water partition coefficient (Wildman–Crippen LogP) is 2.23. The molecule has 0 saturated heterocycles. The highest BCUT2D eigenvalue weighted by atomic mass is 16.5. The summed E-state index contributed by atoms with van der Waals surface area (Å²) in [5.41, 5.74) is 0.733. The number of carboxylic acid groups (broad SMARTS) is 1. The third kappa shape index (κ3) is 3.55. The van der Waals surface area contributed by atoms with Crippen molar-refractivity contribution in [2.24, 2.45) is 5.92 Å². The number of ether oxygens (including phenoxy) is 2. The summed E-state index contributed by atoms with van der Waals surface area (Å²) in [5, 5.41) is 12.1. The van der Waals surface area contributed by atoms with E-state index in [1.165, 1.54) is 0 Å². The number of hydrogen-bond donors (Lipinski definition) is 2. The van der Waals surface area contributed by atoms with Gasteiger partial charge in [-0.15, -0.1) is 0 Å². The number of carbonyl (C=O) groups is 1. The van der Waals surface area contributed by atoms with Crippen LogP contribution in [-0.4, -0.2) is 31.8 Å². The Labute approximate surface area is 107 Å². The van der Waals surface area contributed by atoms with Crippen LogP contribution in [0.1, 0.15) is 13.3 Å². The summed E-state index contributed by atoms with van der Waals surface area (Å²) >= 11 is 0. The van der Waals surface area contributed by atoms with Gasteiger partial charge in [-0.1, -0.05) is 6.92 Å². The summed E-state index contributed by atoms with van der Waals surface area (Å²) in [7, 11) is 3.15. The molecule has 1 aromatic rings. The van der Waals surface area contributed by atoms with Gasteiger partial charge in [0.2, 0.25) is 0 Å². The van der Waals surface area contributed by atoms with Crippen LogP contribution in [0.4, 0.5) is 5.69 Å². The van der Waals surface area contributed by atoms with Crippen molar-refractivity contribution in [2.45, 2.75) is 13.3 Å². The summed E-state index contributed by atoms with van der Waals surface area (Å²) in [6.45, 7) is 2.21. The highest BCUT2D eigenvalue weighted by Crippen LogP contribution is 2.29. The van der Waals surface area contributed by atoms with Crippen molar-refractivity contribution in [1.29, 1.82) is 0 Å². The molecule has 0 saturated carbocycles. The number of methoxy groups -OCH3 is 2. The number of aliphatic carboxylic acids is 1. The van der Waals surface area contributed by atoms with Gasteiger partial charge in [0, 0.05) is 12.6 Å². The summed E-state index contributed by atoms with van der Waals surface area (Å²) in [5.74, 6) is 0.144. The molecular formula is C13H19NO4. The van der Waals surface area contributed by atoms with Gasteiger partial charge in [-0.05, 0) is 18.6 Å². The second-order valence-corrected chi connectivity index (χ2v) is 3.89. The van der Waals surface area contributed by atoms with E-state index in [1.54, 1.807) is 32.4 Å². The number of anilines is 1. The largest absolute Gasteiger partial charge is 0.497 e. The lowest BCUT2D eigenvalue weighted by atomic mass is 10.1. The third-order valence-corrected chi connectivity index (χ3v) is 2.79. The maximum absolute atomic E-state index is 10.9. The molecule has 0 fully saturated rings. The van der Waals surface area contributed by atoms with Crippen LogP contribution in [0.2, 0.25) is 0 Å².